The van der Waals surface area contributed by atoms with E-state index in [-0.39, 0.29) is 28.4 Å². The average Bonchev–Trinajstić information content (AvgIpc) is 3.66. The predicted octanol–water partition coefficient (Wildman–Crippen LogP) is 14.7. The van der Waals surface area contributed by atoms with Crippen molar-refractivity contribution < 1.29 is 4.42 Å². The highest BCUT2D eigenvalue weighted by molar-refractivity contribution is 7.01. The number of rotatable bonds is 3. The van der Waals surface area contributed by atoms with Crippen molar-refractivity contribution >= 4 is 79.2 Å². The minimum absolute atomic E-state index is 0.0277. The first kappa shape index (κ1) is 39.6. The Bertz CT molecular complexity index is 3290. The molecule has 0 spiro atoms. The summed E-state index contributed by atoms with van der Waals surface area (Å²) in [5.41, 5.74) is 24.3. The molecule has 64 heavy (non-hydrogen) atoms. The molecule has 2 aliphatic heterocycles. The van der Waals surface area contributed by atoms with Gasteiger partial charge in [0, 0.05) is 44.9 Å². The van der Waals surface area contributed by atoms with Crippen LogP contribution in [0.1, 0.15) is 114 Å². The zero-order valence-electron chi connectivity index (χ0n) is 39.3. The van der Waals surface area contributed by atoms with Crippen LogP contribution < -0.4 is 26.2 Å². The molecule has 4 aliphatic rings. The number of fused-ring (bicyclic) bond motifs is 10. The predicted molar refractivity (Wildman–Crippen MR) is 273 cm³/mol. The van der Waals surface area contributed by atoms with Crippen molar-refractivity contribution in [2.45, 2.75) is 117 Å². The number of hydrogen-bond donors (Lipinski definition) is 0. The second kappa shape index (κ2) is 13.3. The van der Waals surface area contributed by atoms with E-state index in [2.05, 4.69) is 206 Å². The summed E-state index contributed by atoms with van der Waals surface area (Å²) in [4.78, 5) is 5.25. The van der Waals surface area contributed by atoms with E-state index in [1.807, 2.05) is 0 Å². The minimum atomic E-state index is -0.0826. The molecule has 0 N–H and O–H groups in total. The van der Waals surface area contributed by atoms with Crippen LogP contribution in [0.2, 0.25) is 0 Å². The van der Waals surface area contributed by atoms with E-state index in [9.17, 15) is 0 Å². The molecular weight excluding hydrogens is 775 g/mol. The summed E-state index contributed by atoms with van der Waals surface area (Å²) in [6.45, 7) is 24.1. The van der Waals surface area contributed by atoms with Gasteiger partial charge in [-0.1, -0.05) is 128 Å². The van der Waals surface area contributed by atoms with Crippen molar-refractivity contribution in [3.8, 4) is 11.1 Å². The van der Waals surface area contributed by atoms with Crippen LogP contribution in [0.4, 0.5) is 34.1 Å². The molecular formula is C60H59BN2O. The van der Waals surface area contributed by atoms with Gasteiger partial charge >= 0.3 is 0 Å². The second-order valence-corrected chi connectivity index (χ2v) is 22.3. The third-order valence-corrected chi connectivity index (χ3v) is 16.5. The summed E-state index contributed by atoms with van der Waals surface area (Å²) >= 11 is 0. The molecule has 0 radical (unpaired) electrons. The van der Waals surface area contributed by atoms with Crippen LogP contribution in [-0.2, 0) is 21.7 Å². The summed E-state index contributed by atoms with van der Waals surface area (Å²) < 4.78 is 7.16. The minimum Gasteiger partial charge on any atom is -0.457 e. The van der Waals surface area contributed by atoms with E-state index < -0.39 is 0 Å². The SMILES string of the molecule is Cc1ccccc1-c1cc2c3c(c1)N(c1ccccc1C)c1ccc4c(oc5ccccc54)c1B3c1cc3c(cc1N2c1ccc2c(c1)C(C)(C)CCC2(C)C)C(C)(C)CCC3(C)C. The molecule has 7 aromatic carbocycles. The van der Waals surface area contributed by atoms with E-state index in [0.29, 0.717) is 0 Å². The van der Waals surface area contributed by atoms with Crippen molar-refractivity contribution in [3.63, 3.8) is 0 Å². The molecule has 12 rings (SSSR count). The van der Waals surface area contributed by atoms with Crippen molar-refractivity contribution in [2.75, 3.05) is 9.80 Å². The maximum Gasteiger partial charge on any atom is 0.257 e. The van der Waals surface area contributed by atoms with Crippen LogP contribution in [0.3, 0.4) is 0 Å². The number of para-hydroxylation sites is 2. The molecule has 2 aliphatic carbocycles. The van der Waals surface area contributed by atoms with Crippen molar-refractivity contribution in [3.05, 3.63) is 161 Å². The standard InChI is InChI=1S/C60H59BN2O/c1-36-17-11-13-19-40(36)38-31-51-54-52(32-38)63(48-21-15-12-18-37(48)2)49-26-24-42-41-20-14-16-22-53(41)64-56(42)55(49)61(54)47-34-45-46(60(9,10)30-29-59(45,7)8)35-50(47)62(51)39-23-25-43-44(33-39)58(5,6)28-27-57(43,3)4/h11-26,31-35H,27-30H2,1-10H3. The van der Waals surface area contributed by atoms with Gasteiger partial charge in [0.15, 0.2) is 0 Å². The Morgan fingerprint density at radius 3 is 1.75 bits per heavy atom. The molecule has 0 atom stereocenters. The van der Waals surface area contributed by atoms with Crippen molar-refractivity contribution in [1.29, 1.82) is 0 Å². The van der Waals surface area contributed by atoms with E-state index in [0.717, 1.165) is 29.4 Å². The van der Waals surface area contributed by atoms with Gasteiger partial charge in [-0.05, 0) is 177 Å². The van der Waals surface area contributed by atoms with Gasteiger partial charge in [-0.2, -0.15) is 0 Å². The lowest BCUT2D eigenvalue weighted by Crippen LogP contribution is -2.62. The van der Waals surface area contributed by atoms with Gasteiger partial charge in [-0.15, -0.1) is 0 Å². The van der Waals surface area contributed by atoms with Gasteiger partial charge in [0.25, 0.3) is 6.71 Å². The van der Waals surface area contributed by atoms with E-state index in [1.165, 1.54) is 113 Å². The fourth-order valence-electron chi connectivity index (χ4n) is 12.4. The highest BCUT2D eigenvalue weighted by Gasteiger charge is 2.48. The Labute approximate surface area is 380 Å². The molecule has 8 aromatic rings. The Balaban J connectivity index is 1.27. The number of nitrogens with zero attached hydrogens (tertiary/aromatic N) is 2. The quantitative estimate of drug-likeness (QED) is 0.165. The molecule has 1 aromatic heterocycles. The Morgan fingerprint density at radius 2 is 1.05 bits per heavy atom. The average molecular weight is 835 g/mol. The molecule has 3 nitrogen and oxygen atoms in total. The van der Waals surface area contributed by atoms with Crippen LogP contribution >= 0.6 is 0 Å². The van der Waals surface area contributed by atoms with Crippen LogP contribution in [0.15, 0.2) is 132 Å². The maximum absolute atomic E-state index is 7.16. The van der Waals surface area contributed by atoms with Gasteiger partial charge in [0.2, 0.25) is 0 Å². The van der Waals surface area contributed by atoms with Crippen LogP contribution in [0.25, 0.3) is 33.1 Å². The molecule has 3 heterocycles. The fourth-order valence-corrected chi connectivity index (χ4v) is 12.4. The number of hydrogen-bond acceptors (Lipinski definition) is 3. The summed E-state index contributed by atoms with van der Waals surface area (Å²) in [5, 5.41) is 2.33. The summed E-state index contributed by atoms with van der Waals surface area (Å²) in [5.74, 6) is 0. The number of anilines is 6. The van der Waals surface area contributed by atoms with Gasteiger partial charge < -0.3 is 14.2 Å². The summed E-state index contributed by atoms with van der Waals surface area (Å²) in [6.07, 6.45) is 4.67. The third kappa shape index (κ3) is 5.53. The molecule has 4 heteroatoms. The summed E-state index contributed by atoms with van der Waals surface area (Å²) in [7, 11) is 0. The van der Waals surface area contributed by atoms with Crippen molar-refractivity contribution in [2.24, 2.45) is 0 Å². The lowest BCUT2D eigenvalue weighted by Gasteiger charge is -2.48. The normalized spacial score (nSPS) is 18.3. The zero-order chi connectivity index (χ0) is 44.2. The molecule has 0 fully saturated rings. The first-order valence-electron chi connectivity index (χ1n) is 23.7. The third-order valence-electron chi connectivity index (χ3n) is 16.5. The van der Waals surface area contributed by atoms with Crippen LogP contribution in [-0.4, -0.2) is 6.71 Å². The highest BCUT2D eigenvalue weighted by atomic mass is 16.3. The van der Waals surface area contributed by atoms with E-state index >= 15 is 0 Å². The molecule has 0 saturated carbocycles. The van der Waals surface area contributed by atoms with Crippen LogP contribution in [0.5, 0.6) is 0 Å². The van der Waals surface area contributed by atoms with Gasteiger partial charge in [0.05, 0.1) is 0 Å². The fraction of sp³-hybridized carbons (Fsp3) is 0.300. The lowest BCUT2D eigenvalue weighted by atomic mass is 9.32. The Kier molecular flexibility index (Phi) is 8.22. The number of benzene rings is 7. The van der Waals surface area contributed by atoms with E-state index in [1.54, 1.807) is 0 Å². The van der Waals surface area contributed by atoms with Crippen LogP contribution in [0, 0.1) is 13.8 Å². The lowest BCUT2D eigenvalue weighted by molar-refractivity contribution is 0.332. The first-order chi connectivity index (χ1) is 30.5. The Morgan fingerprint density at radius 1 is 0.453 bits per heavy atom. The largest absolute Gasteiger partial charge is 0.457 e. The zero-order valence-corrected chi connectivity index (χ0v) is 39.3. The molecule has 318 valence electrons. The maximum atomic E-state index is 7.16. The monoisotopic (exact) mass is 834 g/mol. The first-order valence-corrected chi connectivity index (χ1v) is 23.7. The smallest absolute Gasteiger partial charge is 0.257 e. The van der Waals surface area contributed by atoms with Gasteiger partial charge in [-0.25, -0.2) is 0 Å². The van der Waals surface area contributed by atoms with Crippen molar-refractivity contribution in [1.82, 2.24) is 0 Å². The molecule has 0 unspecified atom stereocenters. The number of aryl methyl sites for hydroxylation is 2. The Hall–Kier alpha value is -6.00. The molecule has 0 bridgehead atoms. The van der Waals surface area contributed by atoms with Gasteiger partial charge in [0.1, 0.15) is 11.2 Å². The molecule has 0 saturated heterocycles. The summed E-state index contributed by atoms with van der Waals surface area (Å²) in [6, 6.07) is 49.0. The topological polar surface area (TPSA) is 19.6 Å². The van der Waals surface area contributed by atoms with E-state index in [4.69, 9.17) is 4.42 Å². The second-order valence-electron chi connectivity index (χ2n) is 22.3. The number of furan rings is 1. The van der Waals surface area contributed by atoms with Gasteiger partial charge in [-0.3, -0.25) is 0 Å². The molecule has 0 amide bonds. The highest BCUT2D eigenvalue weighted by Crippen LogP contribution is 2.54.